The van der Waals surface area contributed by atoms with Gasteiger partial charge < -0.3 is 10.2 Å². The van der Waals surface area contributed by atoms with E-state index in [0.717, 1.165) is 25.2 Å². The van der Waals surface area contributed by atoms with Crippen molar-refractivity contribution in [1.82, 2.24) is 0 Å². The summed E-state index contributed by atoms with van der Waals surface area (Å²) < 4.78 is 0. The van der Waals surface area contributed by atoms with Crippen molar-refractivity contribution in [3.05, 3.63) is 29.3 Å². The quantitative estimate of drug-likeness (QED) is 0.835. The van der Waals surface area contributed by atoms with E-state index in [1.165, 1.54) is 36.8 Å². The van der Waals surface area contributed by atoms with Gasteiger partial charge in [-0.25, -0.2) is 0 Å². The number of fused-ring (bicyclic) bond motifs is 5. The fourth-order valence-electron chi connectivity index (χ4n) is 6.45. The highest BCUT2D eigenvalue weighted by Crippen LogP contribution is 2.62. The lowest BCUT2D eigenvalue weighted by atomic mass is 9.52. The molecule has 0 aliphatic heterocycles. The number of hydrogen-bond acceptors (Lipinski definition) is 2. The van der Waals surface area contributed by atoms with Crippen LogP contribution in [0.1, 0.15) is 69.4 Å². The van der Waals surface area contributed by atoms with Crippen LogP contribution in [0, 0.1) is 23.2 Å². The molecular weight excluding hydrogens is 284 g/mol. The van der Waals surface area contributed by atoms with Gasteiger partial charge in [0.05, 0.1) is 6.10 Å². The molecule has 0 radical (unpaired) electrons. The summed E-state index contributed by atoms with van der Waals surface area (Å²) in [5, 5.41) is 20.2. The van der Waals surface area contributed by atoms with Crippen molar-refractivity contribution in [2.75, 3.05) is 0 Å². The Morgan fingerprint density at radius 2 is 2.13 bits per heavy atom. The van der Waals surface area contributed by atoms with Gasteiger partial charge in [0.15, 0.2) is 0 Å². The first kappa shape index (κ1) is 15.5. The van der Waals surface area contributed by atoms with Gasteiger partial charge in [-0.05, 0) is 84.5 Å². The summed E-state index contributed by atoms with van der Waals surface area (Å²) >= 11 is 0. The van der Waals surface area contributed by atoms with Crippen LogP contribution in [0.25, 0.3) is 0 Å². The van der Waals surface area contributed by atoms with Crippen molar-refractivity contribution >= 4 is 0 Å². The van der Waals surface area contributed by atoms with Gasteiger partial charge in [0.2, 0.25) is 0 Å². The number of phenolic OH excluding ortho intramolecular Hbond substituents is 1. The molecule has 126 valence electrons. The number of aromatic hydroxyl groups is 1. The Kier molecular flexibility index (Phi) is 3.72. The Balaban J connectivity index is 1.75. The lowest BCUT2D eigenvalue weighted by Gasteiger charge is -2.52. The molecule has 0 amide bonds. The standard InChI is InChI=1S/C21H30O2/c1-3-4-13-9-14-10-15(22)5-6-17(14)18-7-8-21(2)12-16(23)11-19(21)20(13)18/h5-6,10,13,16,18-20,22-23H,3-4,7-9,11-12H2,1-2H3/t13-,16+,18-,19+,20-,21-/m1/s1. The maximum Gasteiger partial charge on any atom is 0.115 e. The number of aliphatic hydroxyl groups excluding tert-OH is 1. The average molecular weight is 314 g/mol. The predicted octanol–water partition coefficient (Wildman–Crippen LogP) is 4.64. The van der Waals surface area contributed by atoms with E-state index in [4.69, 9.17) is 0 Å². The summed E-state index contributed by atoms with van der Waals surface area (Å²) in [6.07, 6.45) is 8.03. The topological polar surface area (TPSA) is 40.5 Å². The minimum absolute atomic E-state index is 0.0905. The van der Waals surface area contributed by atoms with Crippen molar-refractivity contribution in [2.45, 2.75) is 70.8 Å². The van der Waals surface area contributed by atoms with Crippen LogP contribution in [0.5, 0.6) is 5.75 Å². The molecule has 0 unspecified atom stereocenters. The molecule has 2 N–H and O–H groups in total. The van der Waals surface area contributed by atoms with Gasteiger partial charge in [0.25, 0.3) is 0 Å². The molecule has 1 aromatic rings. The van der Waals surface area contributed by atoms with E-state index in [0.29, 0.717) is 28.9 Å². The monoisotopic (exact) mass is 314 g/mol. The lowest BCUT2D eigenvalue weighted by molar-refractivity contribution is 0.0231. The molecule has 0 heterocycles. The summed E-state index contributed by atoms with van der Waals surface area (Å²) in [7, 11) is 0. The molecule has 2 fully saturated rings. The van der Waals surface area contributed by atoms with Gasteiger partial charge in [-0.2, -0.15) is 0 Å². The predicted molar refractivity (Wildman–Crippen MR) is 92.5 cm³/mol. The molecule has 1 aromatic carbocycles. The van der Waals surface area contributed by atoms with Crippen molar-refractivity contribution in [3.63, 3.8) is 0 Å². The second-order valence-electron chi connectivity index (χ2n) is 8.71. The van der Waals surface area contributed by atoms with Crippen LogP contribution in [-0.4, -0.2) is 16.3 Å². The van der Waals surface area contributed by atoms with Gasteiger partial charge in [-0.15, -0.1) is 0 Å². The largest absolute Gasteiger partial charge is 0.508 e. The molecular formula is C21H30O2. The smallest absolute Gasteiger partial charge is 0.115 e. The highest BCUT2D eigenvalue weighted by atomic mass is 16.3. The van der Waals surface area contributed by atoms with E-state index < -0.39 is 0 Å². The van der Waals surface area contributed by atoms with Gasteiger partial charge >= 0.3 is 0 Å². The zero-order valence-corrected chi connectivity index (χ0v) is 14.5. The van der Waals surface area contributed by atoms with E-state index in [1.807, 2.05) is 12.1 Å². The van der Waals surface area contributed by atoms with Crippen LogP contribution >= 0.6 is 0 Å². The number of aliphatic hydroxyl groups is 1. The normalized spacial score (nSPS) is 42.0. The second-order valence-corrected chi connectivity index (χ2v) is 8.71. The van der Waals surface area contributed by atoms with Gasteiger partial charge in [0, 0.05) is 0 Å². The van der Waals surface area contributed by atoms with E-state index >= 15 is 0 Å². The molecule has 4 rings (SSSR count). The van der Waals surface area contributed by atoms with E-state index in [-0.39, 0.29) is 6.10 Å². The van der Waals surface area contributed by atoms with Crippen molar-refractivity contribution in [1.29, 1.82) is 0 Å². The molecule has 0 spiro atoms. The summed E-state index contributed by atoms with van der Waals surface area (Å²) in [5.41, 5.74) is 3.22. The molecule has 3 aliphatic rings. The number of hydrogen-bond donors (Lipinski definition) is 2. The Bertz CT molecular complexity index is 596. The summed E-state index contributed by atoms with van der Waals surface area (Å²) in [4.78, 5) is 0. The Morgan fingerprint density at radius 1 is 1.30 bits per heavy atom. The zero-order valence-electron chi connectivity index (χ0n) is 14.5. The van der Waals surface area contributed by atoms with Gasteiger partial charge in [0.1, 0.15) is 5.75 Å². The molecule has 2 saturated carbocycles. The third kappa shape index (κ3) is 2.41. The zero-order chi connectivity index (χ0) is 16.2. The van der Waals surface area contributed by atoms with E-state index in [1.54, 1.807) is 0 Å². The van der Waals surface area contributed by atoms with Crippen LogP contribution in [-0.2, 0) is 6.42 Å². The molecule has 3 aliphatic carbocycles. The molecule has 0 bridgehead atoms. The third-order valence-electron chi connectivity index (χ3n) is 7.29. The summed E-state index contributed by atoms with van der Waals surface area (Å²) in [6.45, 7) is 4.72. The van der Waals surface area contributed by atoms with Crippen LogP contribution in [0.3, 0.4) is 0 Å². The Morgan fingerprint density at radius 3 is 2.91 bits per heavy atom. The Labute approximate surface area is 139 Å². The number of phenols is 1. The first-order chi connectivity index (χ1) is 11.0. The summed E-state index contributed by atoms with van der Waals surface area (Å²) in [6, 6.07) is 6.05. The van der Waals surface area contributed by atoms with Crippen LogP contribution < -0.4 is 0 Å². The minimum atomic E-state index is -0.0905. The molecule has 0 aromatic heterocycles. The third-order valence-corrected chi connectivity index (χ3v) is 7.29. The molecule has 0 saturated heterocycles. The van der Waals surface area contributed by atoms with Crippen LogP contribution in [0.15, 0.2) is 18.2 Å². The van der Waals surface area contributed by atoms with E-state index in [2.05, 4.69) is 19.9 Å². The SMILES string of the molecule is CCC[C@@H]1Cc2cc(O)ccc2[C@H]2CC[C@]3(C)C[C@@H](O)C[C@H]3[C@H]12. The first-order valence-electron chi connectivity index (χ1n) is 9.51. The first-order valence-corrected chi connectivity index (χ1v) is 9.51. The van der Waals surface area contributed by atoms with Gasteiger partial charge in [-0.1, -0.05) is 32.8 Å². The Hall–Kier alpha value is -1.02. The fraction of sp³-hybridized carbons (Fsp3) is 0.714. The van der Waals surface area contributed by atoms with Crippen LogP contribution in [0.4, 0.5) is 0 Å². The molecule has 6 atom stereocenters. The highest BCUT2D eigenvalue weighted by Gasteiger charge is 2.54. The molecule has 23 heavy (non-hydrogen) atoms. The minimum Gasteiger partial charge on any atom is -0.508 e. The van der Waals surface area contributed by atoms with Crippen molar-refractivity contribution in [3.8, 4) is 5.75 Å². The highest BCUT2D eigenvalue weighted by molar-refractivity contribution is 5.40. The summed E-state index contributed by atoms with van der Waals surface area (Å²) in [5.74, 6) is 3.17. The average Bonchev–Trinajstić information content (AvgIpc) is 2.81. The van der Waals surface area contributed by atoms with E-state index in [9.17, 15) is 10.2 Å². The molecule has 2 nitrogen and oxygen atoms in total. The number of rotatable bonds is 2. The van der Waals surface area contributed by atoms with Crippen molar-refractivity contribution < 1.29 is 10.2 Å². The van der Waals surface area contributed by atoms with Crippen LogP contribution in [0.2, 0.25) is 0 Å². The maximum absolute atomic E-state index is 10.3. The number of benzene rings is 1. The lowest BCUT2D eigenvalue weighted by Crippen LogP contribution is -2.44. The van der Waals surface area contributed by atoms with Crippen molar-refractivity contribution in [2.24, 2.45) is 23.2 Å². The molecule has 2 heteroatoms. The fourth-order valence-corrected chi connectivity index (χ4v) is 6.45. The maximum atomic E-state index is 10.3. The second kappa shape index (κ2) is 5.51. The van der Waals surface area contributed by atoms with Gasteiger partial charge in [-0.3, -0.25) is 0 Å².